The average molecular weight is 575 g/mol. The minimum absolute atomic E-state index is 0.227. The number of aromatic nitrogens is 2. The third kappa shape index (κ3) is 4.26. The van der Waals surface area contributed by atoms with Gasteiger partial charge in [-0.1, -0.05) is 133 Å². The Bertz CT molecular complexity index is 1980. The molecule has 2 heteroatoms. The summed E-state index contributed by atoms with van der Waals surface area (Å²) in [5.41, 5.74) is 15.1. The number of nitrogens with zero attached hydrogens (tertiary/aromatic N) is 2. The molecule has 220 valence electrons. The van der Waals surface area contributed by atoms with Gasteiger partial charge in [-0.25, -0.2) is 4.98 Å². The summed E-state index contributed by atoms with van der Waals surface area (Å²) in [6.45, 7) is 16.1. The fourth-order valence-corrected chi connectivity index (χ4v) is 7.37. The lowest BCUT2D eigenvalue weighted by Crippen LogP contribution is -2.22. The summed E-state index contributed by atoms with van der Waals surface area (Å²) in [6.07, 6.45) is 0. The van der Waals surface area contributed by atoms with Crippen LogP contribution < -0.4 is 0 Å². The molecule has 0 saturated heterocycles. The van der Waals surface area contributed by atoms with Crippen molar-refractivity contribution in [1.29, 1.82) is 0 Å². The van der Waals surface area contributed by atoms with Crippen molar-refractivity contribution in [1.82, 2.24) is 9.55 Å². The average Bonchev–Trinajstić information content (AvgIpc) is 3.54. The van der Waals surface area contributed by atoms with E-state index < -0.39 is 0 Å². The normalized spacial score (nSPS) is 15.9. The topological polar surface area (TPSA) is 17.8 Å². The van der Waals surface area contributed by atoms with Crippen LogP contribution in [0.5, 0.6) is 0 Å². The summed E-state index contributed by atoms with van der Waals surface area (Å²) >= 11 is 0. The van der Waals surface area contributed by atoms with E-state index in [4.69, 9.17) is 4.98 Å². The number of para-hydroxylation sites is 3. The molecule has 1 aromatic heterocycles. The van der Waals surface area contributed by atoms with E-state index in [9.17, 15) is 0 Å². The predicted molar refractivity (Wildman–Crippen MR) is 186 cm³/mol. The highest BCUT2D eigenvalue weighted by Gasteiger charge is 2.41. The highest BCUT2D eigenvalue weighted by atomic mass is 15.1. The van der Waals surface area contributed by atoms with Crippen molar-refractivity contribution in [3.05, 3.63) is 143 Å². The van der Waals surface area contributed by atoms with Gasteiger partial charge in [0.1, 0.15) is 5.82 Å². The zero-order valence-corrected chi connectivity index (χ0v) is 27.0. The van der Waals surface area contributed by atoms with E-state index in [1.165, 1.54) is 50.2 Å². The second-order valence-corrected chi connectivity index (χ2v) is 13.6. The van der Waals surface area contributed by atoms with Gasteiger partial charge >= 0.3 is 0 Å². The van der Waals surface area contributed by atoms with Crippen LogP contribution in [-0.2, 0) is 5.41 Å². The van der Waals surface area contributed by atoms with E-state index in [2.05, 4.69) is 162 Å². The van der Waals surface area contributed by atoms with Crippen LogP contribution in [0.4, 0.5) is 0 Å². The molecule has 6 aromatic rings. The molecular formula is C42H42N2. The summed E-state index contributed by atoms with van der Waals surface area (Å²) < 4.78 is 2.44. The number of fused-ring (bicyclic) bond motifs is 4. The van der Waals surface area contributed by atoms with Gasteiger partial charge in [0.2, 0.25) is 0 Å². The molecule has 44 heavy (non-hydrogen) atoms. The van der Waals surface area contributed by atoms with E-state index in [1.54, 1.807) is 0 Å². The molecule has 0 N–H and O–H groups in total. The van der Waals surface area contributed by atoms with Crippen LogP contribution in [0.2, 0.25) is 0 Å². The number of imidazole rings is 1. The number of benzene rings is 5. The highest BCUT2D eigenvalue weighted by molar-refractivity contribution is 5.89. The molecule has 7 rings (SSSR count). The summed E-state index contributed by atoms with van der Waals surface area (Å²) in [5.74, 6) is 2.22. The van der Waals surface area contributed by atoms with Gasteiger partial charge in [0.25, 0.3) is 0 Å². The van der Waals surface area contributed by atoms with E-state index in [1.807, 2.05) is 0 Å². The summed E-state index contributed by atoms with van der Waals surface area (Å²) in [4.78, 5) is 5.34. The SMILES string of the molecule is CC(C)c1ccc2c(c1)-c1cc(-c3nc4ccccc4n3-c3c(C(C)C)cccc3C(C)C)ccc1C2(C)c1ccccc1. The summed E-state index contributed by atoms with van der Waals surface area (Å²) in [7, 11) is 0. The van der Waals surface area contributed by atoms with E-state index in [0.717, 1.165) is 22.4 Å². The van der Waals surface area contributed by atoms with Crippen molar-refractivity contribution in [2.75, 3.05) is 0 Å². The molecule has 1 unspecified atom stereocenters. The Morgan fingerprint density at radius 2 is 1.20 bits per heavy atom. The Labute approximate surface area is 262 Å². The molecule has 5 aromatic carbocycles. The van der Waals surface area contributed by atoms with Gasteiger partial charge in [0.05, 0.1) is 16.7 Å². The molecule has 1 atom stereocenters. The maximum Gasteiger partial charge on any atom is 0.145 e. The molecule has 2 nitrogen and oxygen atoms in total. The van der Waals surface area contributed by atoms with Gasteiger partial charge in [-0.3, -0.25) is 4.57 Å². The fraction of sp³-hybridized carbons (Fsp3) is 0.262. The molecule has 1 aliphatic carbocycles. The number of hydrogen-bond acceptors (Lipinski definition) is 1. The first-order chi connectivity index (χ1) is 21.2. The Hall–Kier alpha value is -4.43. The smallest absolute Gasteiger partial charge is 0.145 e. The van der Waals surface area contributed by atoms with Gasteiger partial charge in [-0.15, -0.1) is 0 Å². The largest absolute Gasteiger partial charge is 0.292 e. The van der Waals surface area contributed by atoms with Crippen molar-refractivity contribution in [3.8, 4) is 28.2 Å². The lowest BCUT2D eigenvalue weighted by molar-refractivity contribution is 0.713. The van der Waals surface area contributed by atoms with Crippen molar-refractivity contribution in [2.24, 2.45) is 0 Å². The standard InChI is InChI=1S/C42H42N2/c1-26(2)29-20-22-36-34(24-29)35-25-30(21-23-37(35)42(36,7)31-14-9-8-10-15-31)41-43-38-18-11-12-19-39(38)44(41)40-32(27(3)4)16-13-17-33(40)28(5)6/h8-28H,1-7H3. The van der Waals surface area contributed by atoms with Crippen molar-refractivity contribution in [2.45, 2.75) is 71.6 Å². The van der Waals surface area contributed by atoms with Crippen molar-refractivity contribution in [3.63, 3.8) is 0 Å². The lowest BCUT2D eigenvalue weighted by Gasteiger charge is -2.28. The predicted octanol–water partition coefficient (Wildman–Crippen LogP) is 11.4. The monoisotopic (exact) mass is 574 g/mol. The third-order valence-electron chi connectivity index (χ3n) is 9.83. The van der Waals surface area contributed by atoms with Crippen LogP contribution in [-0.4, -0.2) is 9.55 Å². The molecule has 1 aliphatic rings. The molecule has 0 saturated carbocycles. The van der Waals surface area contributed by atoms with Crippen LogP contribution in [0.1, 0.15) is 99.6 Å². The second-order valence-electron chi connectivity index (χ2n) is 13.6. The summed E-state index contributed by atoms with van der Waals surface area (Å²) in [5, 5.41) is 0. The molecule has 0 bridgehead atoms. The van der Waals surface area contributed by atoms with Crippen LogP contribution in [0.3, 0.4) is 0 Å². The molecular weight excluding hydrogens is 532 g/mol. The number of hydrogen-bond donors (Lipinski definition) is 0. The Morgan fingerprint density at radius 1 is 0.591 bits per heavy atom. The number of rotatable bonds is 6. The summed E-state index contributed by atoms with van der Waals surface area (Å²) in [6, 6.07) is 40.6. The van der Waals surface area contributed by atoms with Crippen LogP contribution in [0.15, 0.2) is 109 Å². The van der Waals surface area contributed by atoms with E-state index in [0.29, 0.717) is 17.8 Å². The molecule has 0 amide bonds. The lowest BCUT2D eigenvalue weighted by atomic mass is 9.74. The van der Waals surface area contributed by atoms with Gasteiger partial charge in [-0.05, 0) is 87.4 Å². The fourth-order valence-electron chi connectivity index (χ4n) is 7.37. The zero-order chi connectivity index (χ0) is 30.7. The van der Waals surface area contributed by atoms with Gasteiger partial charge < -0.3 is 0 Å². The first kappa shape index (κ1) is 28.3. The second kappa shape index (κ2) is 10.6. The van der Waals surface area contributed by atoms with Crippen LogP contribution in [0, 0.1) is 0 Å². The molecule has 0 fully saturated rings. The Balaban J connectivity index is 1.53. The molecule has 0 spiro atoms. The quantitative estimate of drug-likeness (QED) is 0.193. The maximum absolute atomic E-state index is 5.34. The maximum atomic E-state index is 5.34. The van der Waals surface area contributed by atoms with Gasteiger partial charge in [-0.2, -0.15) is 0 Å². The van der Waals surface area contributed by atoms with Crippen molar-refractivity contribution >= 4 is 11.0 Å². The third-order valence-corrected chi connectivity index (χ3v) is 9.83. The van der Waals surface area contributed by atoms with Gasteiger partial charge in [0.15, 0.2) is 0 Å². The minimum Gasteiger partial charge on any atom is -0.292 e. The minimum atomic E-state index is -0.227. The van der Waals surface area contributed by atoms with E-state index >= 15 is 0 Å². The first-order valence-corrected chi connectivity index (χ1v) is 16.2. The molecule has 0 aliphatic heterocycles. The van der Waals surface area contributed by atoms with Crippen LogP contribution in [0.25, 0.3) is 39.2 Å². The van der Waals surface area contributed by atoms with Gasteiger partial charge in [0, 0.05) is 11.0 Å². The Morgan fingerprint density at radius 3 is 1.86 bits per heavy atom. The zero-order valence-electron chi connectivity index (χ0n) is 27.0. The molecule has 1 heterocycles. The first-order valence-electron chi connectivity index (χ1n) is 16.2. The van der Waals surface area contributed by atoms with Crippen molar-refractivity contribution < 1.29 is 0 Å². The Kier molecular flexibility index (Phi) is 6.85. The molecule has 0 radical (unpaired) electrons. The highest BCUT2D eigenvalue weighted by Crippen LogP contribution is 2.54. The van der Waals surface area contributed by atoms with E-state index in [-0.39, 0.29) is 5.41 Å². The van der Waals surface area contributed by atoms with Crippen LogP contribution >= 0.6 is 0 Å².